The fourth-order valence-corrected chi connectivity index (χ4v) is 4.30. The van der Waals surface area contributed by atoms with Crippen LogP contribution in [0.5, 0.6) is 17.2 Å². The summed E-state index contributed by atoms with van der Waals surface area (Å²) in [6.45, 7) is 3.76. The molecule has 0 aliphatic carbocycles. The van der Waals surface area contributed by atoms with E-state index in [0.29, 0.717) is 24.5 Å². The van der Waals surface area contributed by atoms with Crippen molar-refractivity contribution in [2.24, 2.45) is 4.99 Å². The molecule has 0 amide bonds. The van der Waals surface area contributed by atoms with Gasteiger partial charge >= 0.3 is 0 Å². The molecule has 7 nitrogen and oxygen atoms in total. The molecule has 5 rings (SSSR count). The van der Waals surface area contributed by atoms with Gasteiger partial charge in [-0.2, -0.15) is 0 Å². The van der Waals surface area contributed by atoms with Gasteiger partial charge in [0.25, 0.3) is 5.56 Å². The minimum Gasteiger partial charge on any atom is -0.494 e. The Bertz CT molecular complexity index is 1230. The number of ether oxygens (including phenoxy) is 3. The largest absolute Gasteiger partial charge is 0.494 e. The lowest BCUT2D eigenvalue weighted by Crippen LogP contribution is -2.42. The Morgan fingerprint density at radius 3 is 2.83 bits per heavy atom. The molecule has 0 N–H and O–H groups in total. The lowest BCUT2D eigenvalue weighted by molar-refractivity contribution is 0.174. The van der Waals surface area contributed by atoms with Gasteiger partial charge in [0.2, 0.25) is 6.79 Å². The third-order valence-electron chi connectivity index (χ3n) is 4.79. The molecule has 8 heteroatoms. The molecule has 2 aliphatic rings. The quantitative estimate of drug-likeness (QED) is 0.659. The Hall–Kier alpha value is -3.26. The van der Waals surface area contributed by atoms with E-state index in [1.54, 1.807) is 4.57 Å². The summed E-state index contributed by atoms with van der Waals surface area (Å²) < 4.78 is 18.7. The van der Waals surface area contributed by atoms with Crippen molar-refractivity contribution in [3.8, 4) is 17.2 Å². The summed E-state index contributed by atoms with van der Waals surface area (Å²) in [4.78, 5) is 20.3. The number of nitrogens with zero attached hydrogens (tertiary/aromatic N) is 3. The highest BCUT2D eigenvalue weighted by Gasteiger charge is 2.19. The number of anilines is 1. The predicted molar refractivity (Wildman–Crippen MR) is 110 cm³/mol. The van der Waals surface area contributed by atoms with Crippen LogP contribution in [0.2, 0.25) is 0 Å². The van der Waals surface area contributed by atoms with Gasteiger partial charge in [0, 0.05) is 11.8 Å². The zero-order valence-electron chi connectivity index (χ0n) is 15.8. The molecule has 2 aromatic carbocycles. The monoisotopic (exact) mass is 409 g/mol. The Labute approximate surface area is 170 Å². The minimum absolute atomic E-state index is 0.0342. The van der Waals surface area contributed by atoms with Gasteiger partial charge in [-0.1, -0.05) is 23.5 Å². The van der Waals surface area contributed by atoms with Crippen LogP contribution in [-0.2, 0) is 6.67 Å². The van der Waals surface area contributed by atoms with Crippen LogP contribution in [-0.4, -0.2) is 24.6 Å². The molecule has 29 heavy (non-hydrogen) atoms. The summed E-state index contributed by atoms with van der Waals surface area (Å²) in [6, 6.07) is 13.5. The summed E-state index contributed by atoms with van der Waals surface area (Å²) in [5.41, 5.74) is 1.87. The summed E-state index contributed by atoms with van der Waals surface area (Å²) in [5.74, 6) is 2.28. The van der Waals surface area contributed by atoms with Crippen LogP contribution in [0.25, 0.3) is 6.08 Å². The maximum atomic E-state index is 12.9. The van der Waals surface area contributed by atoms with Gasteiger partial charge < -0.3 is 19.1 Å². The second-order valence-electron chi connectivity index (χ2n) is 6.65. The molecule has 0 atom stereocenters. The van der Waals surface area contributed by atoms with Gasteiger partial charge in [0.05, 0.1) is 11.1 Å². The van der Waals surface area contributed by atoms with Crippen LogP contribution < -0.4 is 34.0 Å². The van der Waals surface area contributed by atoms with Crippen LogP contribution in [0.4, 0.5) is 5.69 Å². The summed E-state index contributed by atoms with van der Waals surface area (Å²) >= 11 is 1.41. The number of hydrogen-bond donors (Lipinski definition) is 0. The molecule has 0 saturated carbocycles. The summed E-state index contributed by atoms with van der Waals surface area (Å²) in [5, 5.41) is 0. The van der Waals surface area contributed by atoms with E-state index in [1.807, 2.05) is 60.4 Å². The molecule has 1 aromatic heterocycles. The third-order valence-corrected chi connectivity index (χ3v) is 5.83. The lowest BCUT2D eigenvalue weighted by Gasteiger charge is -2.25. The Balaban J connectivity index is 1.44. The van der Waals surface area contributed by atoms with E-state index in [4.69, 9.17) is 14.2 Å². The van der Waals surface area contributed by atoms with E-state index in [9.17, 15) is 4.79 Å². The van der Waals surface area contributed by atoms with Crippen molar-refractivity contribution < 1.29 is 14.2 Å². The molecule has 3 heterocycles. The van der Waals surface area contributed by atoms with Crippen LogP contribution in [0, 0.1) is 0 Å². The normalized spacial score (nSPS) is 15.2. The number of fused-ring (bicyclic) bond motifs is 2. The van der Waals surface area contributed by atoms with Crippen molar-refractivity contribution in [3.63, 3.8) is 0 Å². The first kappa shape index (κ1) is 17.8. The molecule has 0 bridgehead atoms. The van der Waals surface area contributed by atoms with E-state index in [1.165, 1.54) is 11.3 Å². The maximum absolute atomic E-state index is 12.9. The van der Waals surface area contributed by atoms with E-state index in [2.05, 4.69) is 4.99 Å². The first-order valence-corrected chi connectivity index (χ1v) is 10.2. The zero-order chi connectivity index (χ0) is 19.8. The Morgan fingerprint density at radius 1 is 1.17 bits per heavy atom. The topological polar surface area (TPSA) is 65.3 Å². The van der Waals surface area contributed by atoms with Crippen LogP contribution in [0.3, 0.4) is 0 Å². The maximum Gasteiger partial charge on any atom is 0.271 e. The average Bonchev–Trinajstić information content (AvgIpc) is 3.33. The Morgan fingerprint density at radius 2 is 2.00 bits per heavy atom. The average molecular weight is 409 g/mol. The highest BCUT2D eigenvalue weighted by atomic mass is 32.1. The second-order valence-corrected chi connectivity index (χ2v) is 7.66. The first-order valence-electron chi connectivity index (χ1n) is 9.34. The molecule has 0 unspecified atom stereocenters. The van der Waals surface area contributed by atoms with E-state index in [0.717, 1.165) is 33.3 Å². The minimum atomic E-state index is -0.0342. The summed E-state index contributed by atoms with van der Waals surface area (Å²) in [7, 11) is 0. The third kappa shape index (κ3) is 3.36. The van der Waals surface area contributed by atoms with Gasteiger partial charge in [-0.05, 0) is 42.8 Å². The Kier molecular flexibility index (Phi) is 4.48. The van der Waals surface area contributed by atoms with Crippen molar-refractivity contribution in [3.05, 3.63) is 67.7 Å². The number of aromatic nitrogens is 1. The smallest absolute Gasteiger partial charge is 0.271 e. The number of rotatable bonds is 4. The highest BCUT2D eigenvalue weighted by molar-refractivity contribution is 7.07. The molecular weight excluding hydrogens is 390 g/mol. The highest BCUT2D eigenvalue weighted by Crippen LogP contribution is 2.35. The number of hydrogen-bond acceptors (Lipinski definition) is 7. The molecule has 0 fully saturated rings. The second kappa shape index (κ2) is 7.29. The van der Waals surface area contributed by atoms with E-state index in [-0.39, 0.29) is 12.4 Å². The zero-order valence-corrected chi connectivity index (χ0v) is 16.6. The fourth-order valence-electron chi connectivity index (χ4n) is 3.34. The van der Waals surface area contributed by atoms with E-state index >= 15 is 0 Å². The van der Waals surface area contributed by atoms with Gasteiger partial charge in [-0.15, -0.1) is 0 Å². The van der Waals surface area contributed by atoms with Crippen LogP contribution >= 0.6 is 11.3 Å². The fraction of sp³-hybridized carbons (Fsp3) is 0.238. The van der Waals surface area contributed by atoms with Crippen molar-refractivity contribution in [1.29, 1.82) is 0 Å². The first-order chi connectivity index (χ1) is 14.2. The van der Waals surface area contributed by atoms with Crippen molar-refractivity contribution in [2.75, 3.05) is 25.0 Å². The SMILES string of the molecule is CCOc1ccc(C=c2sc3n(c2=O)CN(c2ccc4c(c2)OCO4)CN=3)cc1. The molecule has 2 aliphatic heterocycles. The van der Waals surface area contributed by atoms with Gasteiger partial charge in [0.15, 0.2) is 16.3 Å². The molecule has 0 saturated heterocycles. The van der Waals surface area contributed by atoms with Crippen molar-refractivity contribution >= 4 is 23.1 Å². The van der Waals surface area contributed by atoms with Crippen molar-refractivity contribution in [2.45, 2.75) is 13.6 Å². The van der Waals surface area contributed by atoms with Crippen LogP contribution in [0.1, 0.15) is 12.5 Å². The summed E-state index contributed by atoms with van der Waals surface area (Å²) in [6.07, 6.45) is 1.90. The molecule has 0 spiro atoms. The molecule has 0 radical (unpaired) electrons. The number of thiazole rings is 1. The van der Waals surface area contributed by atoms with E-state index < -0.39 is 0 Å². The van der Waals surface area contributed by atoms with Gasteiger partial charge in [0.1, 0.15) is 19.1 Å². The standard InChI is InChI=1S/C21H19N3O4S/c1-2-26-16-6-3-14(4-7-16)9-19-20(25)24-12-23(11-22-21(24)29-19)15-5-8-17-18(10-15)28-13-27-17/h3-10H,2,11-13H2,1H3. The number of benzene rings is 2. The predicted octanol–water partition coefficient (Wildman–Crippen LogP) is 1.92. The molecule has 3 aromatic rings. The van der Waals surface area contributed by atoms with Gasteiger partial charge in [-0.25, -0.2) is 4.99 Å². The lowest BCUT2D eigenvalue weighted by atomic mass is 10.2. The van der Waals surface area contributed by atoms with Crippen LogP contribution in [0.15, 0.2) is 52.3 Å². The molecular formula is C21H19N3O4S. The molecule has 148 valence electrons. The van der Waals surface area contributed by atoms with Crippen molar-refractivity contribution in [1.82, 2.24) is 4.57 Å². The van der Waals surface area contributed by atoms with Gasteiger partial charge in [-0.3, -0.25) is 9.36 Å².